The zero-order valence-electron chi connectivity index (χ0n) is 10.1. The van der Waals surface area contributed by atoms with Gasteiger partial charge in [-0.2, -0.15) is 0 Å². The molecule has 5 nitrogen and oxygen atoms in total. The standard InChI is InChI=1S/C13H16N4O/c1-2-11(6-14-3-1)13-8-16-10-17(13)9-12-7-15-4-5-18-12/h1-3,6,8,10,12,15H,4-5,7,9H2. The quantitative estimate of drug-likeness (QED) is 0.873. The first-order valence-corrected chi connectivity index (χ1v) is 6.16. The Balaban J connectivity index is 1.79. The van der Waals surface area contributed by atoms with Gasteiger partial charge >= 0.3 is 0 Å². The third-order valence-corrected chi connectivity index (χ3v) is 3.07. The number of rotatable bonds is 3. The smallest absolute Gasteiger partial charge is 0.0951 e. The Bertz CT molecular complexity index is 491. The van der Waals surface area contributed by atoms with E-state index in [4.69, 9.17) is 4.74 Å². The van der Waals surface area contributed by atoms with Crippen molar-refractivity contribution in [3.63, 3.8) is 0 Å². The van der Waals surface area contributed by atoms with Gasteiger partial charge in [0.05, 0.1) is 37.5 Å². The maximum atomic E-state index is 5.72. The Labute approximate surface area is 106 Å². The highest BCUT2D eigenvalue weighted by atomic mass is 16.5. The van der Waals surface area contributed by atoms with Crippen molar-refractivity contribution in [2.45, 2.75) is 12.6 Å². The van der Waals surface area contributed by atoms with Crippen LogP contribution in [-0.4, -0.2) is 40.3 Å². The van der Waals surface area contributed by atoms with Crippen LogP contribution in [0.15, 0.2) is 37.1 Å². The molecule has 18 heavy (non-hydrogen) atoms. The molecule has 1 atom stereocenters. The molecule has 0 radical (unpaired) electrons. The summed E-state index contributed by atoms with van der Waals surface area (Å²) in [4.78, 5) is 8.37. The molecule has 1 N–H and O–H groups in total. The summed E-state index contributed by atoms with van der Waals surface area (Å²) < 4.78 is 7.84. The van der Waals surface area contributed by atoms with Crippen LogP contribution in [0.1, 0.15) is 0 Å². The number of aromatic nitrogens is 3. The predicted octanol–water partition coefficient (Wildman–Crippen LogP) is 0.933. The van der Waals surface area contributed by atoms with E-state index in [-0.39, 0.29) is 6.10 Å². The minimum atomic E-state index is 0.211. The normalized spacial score (nSPS) is 19.9. The maximum absolute atomic E-state index is 5.72. The summed E-state index contributed by atoms with van der Waals surface area (Å²) in [7, 11) is 0. The van der Waals surface area contributed by atoms with Gasteiger partial charge in [-0.1, -0.05) is 0 Å². The van der Waals surface area contributed by atoms with Gasteiger partial charge in [0.2, 0.25) is 0 Å². The second-order valence-corrected chi connectivity index (χ2v) is 4.37. The monoisotopic (exact) mass is 244 g/mol. The molecule has 0 spiro atoms. The van der Waals surface area contributed by atoms with E-state index in [1.54, 1.807) is 6.20 Å². The van der Waals surface area contributed by atoms with E-state index in [1.165, 1.54) is 0 Å². The third kappa shape index (κ3) is 2.42. The number of morpholine rings is 1. The molecule has 0 amide bonds. The largest absolute Gasteiger partial charge is 0.374 e. The summed E-state index contributed by atoms with van der Waals surface area (Å²) in [5, 5.41) is 3.34. The van der Waals surface area contributed by atoms with Crippen molar-refractivity contribution in [2.24, 2.45) is 0 Å². The molecule has 1 fully saturated rings. The Morgan fingerprint density at radius 2 is 2.39 bits per heavy atom. The average Bonchev–Trinajstić information content (AvgIpc) is 2.89. The van der Waals surface area contributed by atoms with Crippen molar-refractivity contribution >= 4 is 0 Å². The highest BCUT2D eigenvalue weighted by molar-refractivity contribution is 5.57. The van der Waals surface area contributed by atoms with E-state index in [0.717, 1.165) is 37.5 Å². The Morgan fingerprint density at radius 3 is 3.17 bits per heavy atom. The maximum Gasteiger partial charge on any atom is 0.0951 e. The molecule has 3 heterocycles. The molecule has 1 unspecified atom stereocenters. The Kier molecular flexibility index (Phi) is 3.34. The minimum Gasteiger partial charge on any atom is -0.374 e. The van der Waals surface area contributed by atoms with Crippen LogP contribution < -0.4 is 5.32 Å². The molecular formula is C13H16N4O. The summed E-state index contributed by atoms with van der Waals surface area (Å²) in [5.74, 6) is 0. The molecule has 0 bridgehead atoms. The fourth-order valence-electron chi connectivity index (χ4n) is 2.18. The van der Waals surface area contributed by atoms with Crippen molar-refractivity contribution in [1.82, 2.24) is 19.9 Å². The summed E-state index contributed by atoms with van der Waals surface area (Å²) in [6.45, 7) is 3.43. The number of ether oxygens (including phenoxy) is 1. The lowest BCUT2D eigenvalue weighted by atomic mass is 10.2. The fourth-order valence-corrected chi connectivity index (χ4v) is 2.18. The van der Waals surface area contributed by atoms with Gasteiger partial charge in [0, 0.05) is 31.0 Å². The first-order chi connectivity index (χ1) is 8.93. The van der Waals surface area contributed by atoms with Gasteiger partial charge in [-0.3, -0.25) is 4.98 Å². The van der Waals surface area contributed by atoms with Gasteiger partial charge in [0.15, 0.2) is 0 Å². The molecule has 94 valence electrons. The molecule has 1 aliphatic rings. The lowest BCUT2D eigenvalue weighted by Crippen LogP contribution is -2.40. The highest BCUT2D eigenvalue weighted by Crippen LogP contribution is 2.18. The van der Waals surface area contributed by atoms with Gasteiger partial charge in [0.25, 0.3) is 0 Å². The van der Waals surface area contributed by atoms with Crippen LogP contribution in [0.25, 0.3) is 11.3 Å². The second kappa shape index (κ2) is 5.29. The average molecular weight is 244 g/mol. The van der Waals surface area contributed by atoms with Gasteiger partial charge in [-0.25, -0.2) is 4.98 Å². The zero-order chi connectivity index (χ0) is 12.2. The van der Waals surface area contributed by atoms with Crippen LogP contribution in [-0.2, 0) is 11.3 Å². The van der Waals surface area contributed by atoms with Crippen molar-refractivity contribution in [2.75, 3.05) is 19.7 Å². The number of imidazole rings is 1. The SMILES string of the molecule is c1cncc(-c2cncn2CC2CNCCO2)c1. The Morgan fingerprint density at radius 1 is 1.39 bits per heavy atom. The number of nitrogens with one attached hydrogen (secondary N) is 1. The van der Waals surface area contributed by atoms with Crippen LogP contribution in [0.2, 0.25) is 0 Å². The number of hydrogen-bond donors (Lipinski definition) is 1. The summed E-state index contributed by atoms with van der Waals surface area (Å²) in [5.41, 5.74) is 2.16. The van der Waals surface area contributed by atoms with Gasteiger partial charge in [0.1, 0.15) is 0 Å². The van der Waals surface area contributed by atoms with Crippen LogP contribution in [0.3, 0.4) is 0 Å². The third-order valence-electron chi connectivity index (χ3n) is 3.07. The molecule has 0 aliphatic carbocycles. The summed E-state index contributed by atoms with van der Waals surface area (Å²) >= 11 is 0. The summed E-state index contributed by atoms with van der Waals surface area (Å²) in [6.07, 6.45) is 7.56. The number of nitrogens with zero attached hydrogens (tertiary/aromatic N) is 3. The molecule has 3 rings (SSSR count). The molecule has 1 saturated heterocycles. The molecule has 0 saturated carbocycles. The van der Waals surface area contributed by atoms with Gasteiger partial charge < -0.3 is 14.6 Å². The first kappa shape index (κ1) is 11.4. The fraction of sp³-hybridized carbons (Fsp3) is 0.385. The highest BCUT2D eigenvalue weighted by Gasteiger charge is 2.15. The number of hydrogen-bond acceptors (Lipinski definition) is 4. The van der Waals surface area contributed by atoms with E-state index in [1.807, 2.05) is 30.9 Å². The topological polar surface area (TPSA) is 52.0 Å². The van der Waals surface area contributed by atoms with Crippen molar-refractivity contribution < 1.29 is 4.74 Å². The van der Waals surface area contributed by atoms with E-state index < -0.39 is 0 Å². The van der Waals surface area contributed by atoms with E-state index in [9.17, 15) is 0 Å². The van der Waals surface area contributed by atoms with Crippen molar-refractivity contribution in [3.8, 4) is 11.3 Å². The van der Waals surface area contributed by atoms with Crippen molar-refractivity contribution in [3.05, 3.63) is 37.1 Å². The van der Waals surface area contributed by atoms with E-state index in [0.29, 0.717) is 0 Å². The van der Waals surface area contributed by atoms with Crippen LogP contribution in [0, 0.1) is 0 Å². The van der Waals surface area contributed by atoms with Crippen LogP contribution in [0.4, 0.5) is 0 Å². The van der Waals surface area contributed by atoms with Gasteiger partial charge in [-0.15, -0.1) is 0 Å². The molecule has 2 aromatic heterocycles. The lowest BCUT2D eigenvalue weighted by molar-refractivity contribution is 0.0184. The molecule has 1 aliphatic heterocycles. The lowest BCUT2D eigenvalue weighted by Gasteiger charge is -2.24. The van der Waals surface area contributed by atoms with Gasteiger partial charge in [-0.05, 0) is 12.1 Å². The molecule has 2 aromatic rings. The second-order valence-electron chi connectivity index (χ2n) is 4.37. The minimum absolute atomic E-state index is 0.211. The van der Waals surface area contributed by atoms with E-state index in [2.05, 4.69) is 19.9 Å². The zero-order valence-corrected chi connectivity index (χ0v) is 10.1. The van der Waals surface area contributed by atoms with Crippen LogP contribution in [0.5, 0.6) is 0 Å². The molecule has 5 heteroatoms. The molecule has 0 aromatic carbocycles. The predicted molar refractivity (Wildman–Crippen MR) is 68.1 cm³/mol. The Hall–Kier alpha value is -1.72. The van der Waals surface area contributed by atoms with Crippen LogP contribution >= 0.6 is 0 Å². The first-order valence-electron chi connectivity index (χ1n) is 6.16. The van der Waals surface area contributed by atoms with Crippen molar-refractivity contribution in [1.29, 1.82) is 0 Å². The van der Waals surface area contributed by atoms with E-state index >= 15 is 0 Å². The number of pyridine rings is 1. The molecular weight excluding hydrogens is 228 g/mol. The summed E-state index contributed by atoms with van der Waals surface area (Å²) in [6, 6.07) is 3.98.